The van der Waals surface area contributed by atoms with E-state index in [4.69, 9.17) is 15.7 Å². The largest absolute Gasteiger partial charge is 0.491 e. The topological polar surface area (TPSA) is 59.0 Å². The number of ether oxygens (including phenoxy) is 1. The molecule has 0 fully saturated rings. The third-order valence-corrected chi connectivity index (χ3v) is 2.92. The van der Waals surface area contributed by atoms with E-state index in [-0.39, 0.29) is 5.41 Å². The lowest BCUT2D eigenvalue weighted by molar-refractivity contribution is 0.296. The maximum absolute atomic E-state index is 8.89. The number of unbranched alkanes of at least 4 members (excludes halogenated alkanes) is 1. The maximum atomic E-state index is 8.89. The van der Waals surface area contributed by atoms with Gasteiger partial charge in [-0.25, -0.2) is 0 Å². The van der Waals surface area contributed by atoms with Gasteiger partial charge in [0.05, 0.1) is 23.8 Å². The molecule has 3 heteroatoms. The molecular weight excluding hydrogens is 224 g/mol. The summed E-state index contributed by atoms with van der Waals surface area (Å²) >= 11 is 0. The average molecular weight is 246 g/mol. The Morgan fingerprint density at radius 1 is 1.33 bits per heavy atom. The molecule has 0 amide bonds. The molecule has 0 aliphatic rings. The Hall–Kier alpha value is -1.69. The van der Waals surface area contributed by atoms with E-state index < -0.39 is 0 Å². The lowest BCUT2D eigenvalue weighted by atomic mass is 9.89. The number of hydrogen-bond donors (Lipinski definition) is 1. The molecule has 98 valence electrons. The molecule has 0 radical (unpaired) electrons. The molecule has 0 heterocycles. The van der Waals surface area contributed by atoms with Gasteiger partial charge in [0.1, 0.15) is 5.75 Å². The average Bonchev–Trinajstić information content (AvgIpc) is 2.31. The van der Waals surface area contributed by atoms with E-state index in [1.165, 1.54) is 0 Å². The highest BCUT2D eigenvalue weighted by Gasteiger charge is 2.15. The van der Waals surface area contributed by atoms with Gasteiger partial charge in [-0.05, 0) is 57.7 Å². The van der Waals surface area contributed by atoms with Crippen molar-refractivity contribution in [3.8, 4) is 11.8 Å². The number of hydrogen-bond acceptors (Lipinski definition) is 3. The van der Waals surface area contributed by atoms with Crippen LogP contribution in [0.4, 0.5) is 5.69 Å². The predicted octanol–water partition coefficient (Wildman–Crippen LogP) is 3.68. The molecule has 0 saturated heterocycles. The van der Waals surface area contributed by atoms with Gasteiger partial charge in [-0.3, -0.25) is 0 Å². The predicted molar refractivity (Wildman–Crippen MR) is 74.3 cm³/mol. The zero-order valence-electron chi connectivity index (χ0n) is 11.5. The minimum absolute atomic E-state index is 0.233. The molecule has 0 atom stereocenters. The van der Waals surface area contributed by atoms with E-state index in [0.29, 0.717) is 12.3 Å². The molecule has 0 spiro atoms. The molecular formula is C15H22N2O. The van der Waals surface area contributed by atoms with Crippen molar-refractivity contribution in [1.82, 2.24) is 0 Å². The zero-order valence-corrected chi connectivity index (χ0v) is 11.5. The Morgan fingerprint density at radius 3 is 2.67 bits per heavy atom. The highest BCUT2D eigenvalue weighted by atomic mass is 16.5. The summed E-state index contributed by atoms with van der Waals surface area (Å²) in [5, 5.41) is 8.89. The maximum Gasteiger partial charge on any atom is 0.142 e. The first-order valence-corrected chi connectivity index (χ1v) is 6.35. The molecule has 0 unspecified atom stereocenters. The lowest BCUT2D eigenvalue weighted by Crippen LogP contribution is -2.08. The van der Waals surface area contributed by atoms with Crippen LogP contribution in [0, 0.1) is 23.7 Å². The Bertz CT molecular complexity index is 433. The second-order valence-corrected chi connectivity index (χ2v) is 5.34. The molecule has 0 bridgehead atoms. The summed E-state index contributed by atoms with van der Waals surface area (Å²) in [6, 6.07) is 8.11. The minimum Gasteiger partial charge on any atom is -0.491 e. The van der Waals surface area contributed by atoms with Crippen LogP contribution in [-0.2, 0) is 0 Å². The lowest BCUT2D eigenvalue weighted by Gasteiger charge is -2.14. The van der Waals surface area contributed by atoms with Crippen molar-refractivity contribution in [2.24, 2.45) is 5.41 Å². The van der Waals surface area contributed by atoms with Gasteiger partial charge in [0, 0.05) is 0 Å². The molecule has 1 rings (SSSR count). The number of benzene rings is 1. The SMILES string of the molecule is Cc1ccc(OCCCCC(C)(C)C#N)c(N)c1. The summed E-state index contributed by atoms with van der Waals surface area (Å²) < 4.78 is 5.63. The third kappa shape index (κ3) is 4.67. The summed E-state index contributed by atoms with van der Waals surface area (Å²) in [5.41, 5.74) is 7.45. The fraction of sp³-hybridized carbons (Fsp3) is 0.533. The van der Waals surface area contributed by atoms with E-state index in [1.807, 2.05) is 39.0 Å². The molecule has 0 aliphatic heterocycles. The number of nitrogens with zero attached hydrogens (tertiary/aromatic N) is 1. The van der Waals surface area contributed by atoms with Crippen molar-refractivity contribution in [3.63, 3.8) is 0 Å². The Kier molecular flexibility index (Phi) is 5.03. The molecule has 0 aliphatic carbocycles. The second kappa shape index (κ2) is 6.30. The fourth-order valence-corrected chi connectivity index (χ4v) is 1.71. The van der Waals surface area contributed by atoms with E-state index >= 15 is 0 Å². The molecule has 1 aromatic rings. The van der Waals surface area contributed by atoms with E-state index in [2.05, 4.69) is 6.07 Å². The normalized spacial score (nSPS) is 11.0. The van der Waals surface area contributed by atoms with Gasteiger partial charge in [0.25, 0.3) is 0 Å². The Labute approximate surface area is 110 Å². The Balaban J connectivity index is 2.29. The van der Waals surface area contributed by atoms with Gasteiger partial charge < -0.3 is 10.5 Å². The van der Waals surface area contributed by atoms with Crippen LogP contribution in [0.2, 0.25) is 0 Å². The summed E-state index contributed by atoms with van der Waals surface area (Å²) in [6.45, 7) is 6.58. The van der Waals surface area contributed by atoms with Gasteiger partial charge >= 0.3 is 0 Å². The fourth-order valence-electron chi connectivity index (χ4n) is 1.71. The van der Waals surface area contributed by atoms with Crippen LogP contribution in [0.1, 0.15) is 38.7 Å². The number of nitrogens with two attached hydrogens (primary N) is 1. The van der Waals surface area contributed by atoms with Crippen molar-refractivity contribution >= 4 is 5.69 Å². The standard InChI is InChI=1S/C15H22N2O/c1-12-6-7-14(13(17)10-12)18-9-5-4-8-15(2,3)11-16/h6-7,10H,4-5,8-9,17H2,1-3H3. The molecule has 0 saturated carbocycles. The van der Waals surface area contributed by atoms with Gasteiger partial charge in [0.15, 0.2) is 0 Å². The molecule has 1 aromatic carbocycles. The first kappa shape index (κ1) is 14.4. The van der Waals surface area contributed by atoms with Crippen LogP contribution in [0.5, 0.6) is 5.75 Å². The first-order valence-electron chi connectivity index (χ1n) is 6.35. The van der Waals surface area contributed by atoms with Gasteiger partial charge in [-0.2, -0.15) is 5.26 Å². The number of nitrogen functional groups attached to an aromatic ring is 1. The monoisotopic (exact) mass is 246 g/mol. The van der Waals surface area contributed by atoms with E-state index in [0.717, 1.165) is 30.6 Å². The van der Waals surface area contributed by atoms with Gasteiger partial charge in [-0.15, -0.1) is 0 Å². The van der Waals surface area contributed by atoms with Crippen molar-refractivity contribution < 1.29 is 4.74 Å². The number of rotatable bonds is 6. The van der Waals surface area contributed by atoms with Gasteiger partial charge in [0.2, 0.25) is 0 Å². The van der Waals surface area contributed by atoms with Crippen LogP contribution in [0.25, 0.3) is 0 Å². The number of anilines is 1. The van der Waals surface area contributed by atoms with E-state index in [1.54, 1.807) is 0 Å². The summed E-state index contributed by atoms with van der Waals surface area (Å²) in [5.74, 6) is 0.750. The van der Waals surface area contributed by atoms with Crippen LogP contribution in [0.15, 0.2) is 18.2 Å². The van der Waals surface area contributed by atoms with Gasteiger partial charge in [-0.1, -0.05) is 6.07 Å². The zero-order chi connectivity index (χ0) is 13.6. The second-order valence-electron chi connectivity index (χ2n) is 5.34. The van der Waals surface area contributed by atoms with Crippen molar-refractivity contribution in [1.29, 1.82) is 5.26 Å². The number of nitriles is 1. The van der Waals surface area contributed by atoms with Crippen molar-refractivity contribution in [2.45, 2.75) is 40.0 Å². The summed E-state index contributed by atoms with van der Waals surface area (Å²) in [4.78, 5) is 0. The van der Waals surface area contributed by atoms with Crippen molar-refractivity contribution in [2.75, 3.05) is 12.3 Å². The smallest absolute Gasteiger partial charge is 0.142 e. The van der Waals surface area contributed by atoms with Crippen LogP contribution in [0.3, 0.4) is 0 Å². The quantitative estimate of drug-likeness (QED) is 0.615. The van der Waals surface area contributed by atoms with Crippen LogP contribution < -0.4 is 10.5 Å². The summed E-state index contributed by atoms with van der Waals surface area (Å²) in [6.07, 6.45) is 2.83. The highest BCUT2D eigenvalue weighted by Crippen LogP contribution is 2.24. The van der Waals surface area contributed by atoms with Crippen LogP contribution >= 0.6 is 0 Å². The first-order chi connectivity index (χ1) is 8.44. The molecule has 0 aromatic heterocycles. The molecule has 18 heavy (non-hydrogen) atoms. The molecule has 2 N–H and O–H groups in total. The highest BCUT2D eigenvalue weighted by molar-refractivity contribution is 5.53. The number of aryl methyl sites for hydroxylation is 1. The minimum atomic E-state index is -0.233. The van der Waals surface area contributed by atoms with Crippen molar-refractivity contribution in [3.05, 3.63) is 23.8 Å². The van der Waals surface area contributed by atoms with E-state index in [9.17, 15) is 0 Å². The van der Waals surface area contributed by atoms with Crippen LogP contribution in [-0.4, -0.2) is 6.61 Å². The third-order valence-electron chi connectivity index (χ3n) is 2.92. The summed E-state index contributed by atoms with van der Waals surface area (Å²) in [7, 11) is 0. The Morgan fingerprint density at radius 2 is 2.06 bits per heavy atom. The molecule has 3 nitrogen and oxygen atoms in total.